The molecular formula is C19H16Cl2FN3O3. The highest BCUT2D eigenvalue weighted by Gasteiger charge is 2.50. The van der Waals surface area contributed by atoms with E-state index in [-0.39, 0.29) is 17.4 Å². The third-order valence-corrected chi connectivity index (χ3v) is 5.00. The summed E-state index contributed by atoms with van der Waals surface area (Å²) in [4.78, 5) is 38.2. The molecule has 0 spiro atoms. The Morgan fingerprint density at radius 3 is 2.50 bits per heavy atom. The van der Waals surface area contributed by atoms with E-state index < -0.39 is 29.9 Å². The Balaban J connectivity index is 1.69. The van der Waals surface area contributed by atoms with Crippen molar-refractivity contribution in [1.82, 2.24) is 15.5 Å². The van der Waals surface area contributed by atoms with Gasteiger partial charge < -0.3 is 10.6 Å². The van der Waals surface area contributed by atoms with Gasteiger partial charge in [-0.15, -0.1) is 0 Å². The number of nitrogens with zero attached hydrogens (tertiary/aromatic N) is 1. The zero-order chi connectivity index (χ0) is 20.5. The number of amides is 4. The fraction of sp³-hybridized carbons (Fsp3) is 0.211. The van der Waals surface area contributed by atoms with Gasteiger partial charge in [-0.05, 0) is 36.8 Å². The lowest BCUT2D eigenvalue weighted by Gasteiger charge is -2.23. The van der Waals surface area contributed by atoms with Crippen LogP contribution in [0.5, 0.6) is 0 Å². The Bertz CT molecular complexity index is 952. The number of rotatable bonds is 5. The number of benzene rings is 2. The molecule has 4 amide bonds. The lowest BCUT2D eigenvalue weighted by molar-refractivity contribution is -0.134. The highest BCUT2D eigenvalue weighted by atomic mass is 35.5. The number of halogens is 3. The first kappa shape index (κ1) is 20.1. The van der Waals surface area contributed by atoms with E-state index in [1.165, 1.54) is 37.3 Å². The van der Waals surface area contributed by atoms with Gasteiger partial charge in [0.15, 0.2) is 0 Å². The van der Waals surface area contributed by atoms with Gasteiger partial charge in [-0.3, -0.25) is 14.5 Å². The fourth-order valence-corrected chi connectivity index (χ4v) is 3.52. The molecule has 1 aliphatic heterocycles. The van der Waals surface area contributed by atoms with Gasteiger partial charge in [0.2, 0.25) is 5.91 Å². The normalized spacial score (nSPS) is 18.9. The van der Waals surface area contributed by atoms with Crippen LogP contribution in [0, 0.1) is 5.82 Å². The molecule has 0 bridgehead atoms. The van der Waals surface area contributed by atoms with Gasteiger partial charge in [0.05, 0.1) is 0 Å². The van der Waals surface area contributed by atoms with Crippen LogP contribution in [0.4, 0.5) is 9.18 Å². The summed E-state index contributed by atoms with van der Waals surface area (Å²) in [5.74, 6) is -1.51. The first-order valence-corrected chi connectivity index (χ1v) is 9.07. The fourth-order valence-electron chi connectivity index (χ4n) is 2.92. The lowest BCUT2D eigenvalue weighted by Crippen LogP contribution is -2.43. The highest BCUT2D eigenvalue weighted by molar-refractivity contribution is 6.35. The molecule has 2 aromatic carbocycles. The number of imide groups is 1. The average molecular weight is 424 g/mol. The van der Waals surface area contributed by atoms with Gasteiger partial charge in [0, 0.05) is 22.2 Å². The molecule has 1 atom stereocenters. The topological polar surface area (TPSA) is 78.5 Å². The van der Waals surface area contributed by atoms with E-state index in [0.717, 1.165) is 4.90 Å². The number of hydrogen-bond donors (Lipinski definition) is 2. The minimum absolute atomic E-state index is 0.142. The van der Waals surface area contributed by atoms with E-state index in [1.54, 1.807) is 12.1 Å². The first-order valence-electron chi connectivity index (χ1n) is 8.31. The van der Waals surface area contributed by atoms with Crippen molar-refractivity contribution in [2.45, 2.75) is 19.0 Å². The van der Waals surface area contributed by atoms with Crippen LogP contribution < -0.4 is 10.6 Å². The first-order chi connectivity index (χ1) is 13.2. The number of nitrogens with one attached hydrogen (secondary N) is 2. The third kappa shape index (κ3) is 3.95. The molecule has 1 saturated heterocycles. The summed E-state index contributed by atoms with van der Waals surface area (Å²) in [7, 11) is 0. The molecule has 1 aliphatic rings. The van der Waals surface area contributed by atoms with Crippen LogP contribution in [0.3, 0.4) is 0 Å². The van der Waals surface area contributed by atoms with E-state index in [4.69, 9.17) is 23.2 Å². The molecular weight excluding hydrogens is 408 g/mol. The molecule has 9 heteroatoms. The number of urea groups is 1. The Morgan fingerprint density at radius 1 is 1.18 bits per heavy atom. The van der Waals surface area contributed by atoms with Crippen molar-refractivity contribution in [2.75, 3.05) is 6.54 Å². The second-order valence-corrected chi connectivity index (χ2v) is 7.32. The van der Waals surface area contributed by atoms with Crippen molar-refractivity contribution in [3.05, 3.63) is 69.5 Å². The van der Waals surface area contributed by atoms with Gasteiger partial charge in [-0.1, -0.05) is 41.4 Å². The summed E-state index contributed by atoms with van der Waals surface area (Å²) in [6.07, 6.45) is 0. The molecule has 1 fully saturated rings. The van der Waals surface area contributed by atoms with Gasteiger partial charge >= 0.3 is 6.03 Å². The Morgan fingerprint density at radius 2 is 1.86 bits per heavy atom. The smallest absolute Gasteiger partial charge is 0.325 e. The van der Waals surface area contributed by atoms with Crippen molar-refractivity contribution in [1.29, 1.82) is 0 Å². The van der Waals surface area contributed by atoms with Gasteiger partial charge in [0.25, 0.3) is 5.91 Å². The van der Waals surface area contributed by atoms with Gasteiger partial charge in [-0.25, -0.2) is 9.18 Å². The molecule has 0 radical (unpaired) electrons. The van der Waals surface area contributed by atoms with Crippen molar-refractivity contribution >= 4 is 41.0 Å². The Hall–Kier alpha value is -2.64. The second kappa shape index (κ2) is 7.77. The van der Waals surface area contributed by atoms with Crippen LogP contribution in [0.15, 0.2) is 42.5 Å². The van der Waals surface area contributed by atoms with Gasteiger partial charge in [-0.2, -0.15) is 0 Å². The van der Waals surface area contributed by atoms with E-state index in [9.17, 15) is 18.8 Å². The summed E-state index contributed by atoms with van der Waals surface area (Å²) in [6.45, 7) is 1.20. The van der Waals surface area contributed by atoms with E-state index in [0.29, 0.717) is 16.1 Å². The Labute approximate surface area is 170 Å². The van der Waals surface area contributed by atoms with Crippen molar-refractivity contribution in [3.63, 3.8) is 0 Å². The average Bonchev–Trinajstić information content (AvgIpc) is 2.85. The molecule has 2 N–H and O–H groups in total. The maximum atomic E-state index is 12.9. The van der Waals surface area contributed by atoms with E-state index >= 15 is 0 Å². The minimum atomic E-state index is -1.41. The van der Waals surface area contributed by atoms with Crippen LogP contribution in [0.25, 0.3) is 0 Å². The summed E-state index contributed by atoms with van der Waals surface area (Å²) in [6, 6.07) is 9.51. The van der Waals surface area contributed by atoms with Crippen LogP contribution in [0.1, 0.15) is 18.1 Å². The van der Waals surface area contributed by atoms with Crippen molar-refractivity contribution in [3.8, 4) is 0 Å². The molecule has 28 heavy (non-hydrogen) atoms. The summed E-state index contributed by atoms with van der Waals surface area (Å²) < 4.78 is 12.9. The Kier molecular flexibility index (Phi) is 5.58. The number of carbonyl (C=O) groups is 3. The quantitative estimate of drug-likeness (QED) is 0.724. The predicted octanol–water partition coefficient (Wildman–Crippen LogP) is 3.22. The summed E-state index contributed by atoms with van der Waals surface area (Å²) >= 11 is 12.1. The van der Waals surface area contributed by atoms with Crippen LogP contribution in [0.2, 0.25) is 10.0 Å². The molecule has 146 valence electrons. The second-order valence-electron chi connectivity index (χ2n) is 6.47. The molecule has 0 saturated carbocycles. The minimum Gasteiger partial charge on any atom is -0.350 e. The monoisotopic (exact) mass is 423 g/mol. The van der Waals surface area contributed by atoms with Crippen LogP contribution >= 0.6 is 23.2 Å². The molecule has 3 rings (SSSR count). The standard InChI is InChI=1S/C19H16Cl2FN3O3/c1-19(14-7-4-12(20)8-15(14)21)17(27)25(18(28)24-19)10-16(26)23-9-11-2-5-13(22)6-3-11/h2-8H,9-10H2,1H3,(H,23,26)(H,24,28). The van der Waals surface area contributed by atoms with Crippen LogP contribution in [-0.4, -0.2) is 29.3 Å². The zero-order valence-corrected chi connectivity index (χ0v) is 16.3. The molecule has 2 aromatic rings. The van der Waals surface area contributed by atoms with E-state index in [1.807, 2.05) is 0 Å². The van der Waals surface area contributed by atoms with E-state index in [2.05, 4.69) is 10.6 Å². The van der Waals surface area contributed by atoms with Crippen LogP contribution in [-0.2, 0) is 21.7 Å². The van der Waals surface area contributed by atoms with Crippen molar-refractivity contribution in [2.24, 2.45) is 0 Å². The largest absolute Gasteiger partial charge is 0.350 e. The zero-order valence-electron chi connectivity index (χ0n) is 14.8. The molecule has 0 aromatic heterocycles. The molecule has 1 unspecified atom stereocenters. The molecule has 0 aliphatic carbocycles. The van der Waals surface area contributed by atoms with Gasteiger partial charge in [0.1, 0.15) is 17.9 Å². The number of carbonyl (C=O) groups excluding carboxylic acids is 3. The lowest BCUT2D eigenvalue weighted by atomic mass is 9.92. The SMILES string of the molecule is CC1(c2ccc(Cl)cc2Cl)NC(=O)N(CC(=O)NCc2ccc(F)cc2)C1=O. The molecule has 6 nitrogen and oxygen atoms in total. The predicted molar refractivity (Wildman–Crippen MR) is 102 cm³/mol. The summed E-state index contributed by atoms with van der Waals surface area (Å²) in [5.41, 5.74) is -0.341. The maximum Gasteiger partial charge on any atom is 0.325 e. The maximum absolute atomic E-state index is 12.9. The highest BCUT2D eigenvalue weighted by Crippen LogP contribution is 2.34. The van der Waals surface area contributed by atoms with Crippen molar-refractivity contribution < 1.29 is 18.8 Å². The molecule has 1 heterocycles. The third-order valence-electron chi connectivity index (χ3n) is 4.45. The summed E-state index contributed by atoms with van der Waals surface area (Å²) in [5, 5.41) is 5.80. The number of hydrogen-bond acceptors (Lipinski definition) is 3.